The number of hydrogen-bond donors (Lipinski definition) is 1. The summed E-state index contributed by atoms with van der Waals surface area (Å²) in [7, 11) is -4.30. The number of rotatable bonds is 13. The molecule has 0 aliphatic rings. The maximum atomic E-state index is 14.5. The number of hydrogen-bond acceptors (Lipinski definition) is 4. The second-order valence-corrected chi connectivity index (χ2v) is 13.5. The van der Waals surface area contributed by atoms with Gasteiger partial charge < -0.3 is 10.2 Å². The standard InChI is InChI=1S/C34H34Cl2FN3O4S/c1-24(2)21-38-34(42)32(20-25-10-5-3-6-11-25)39(22-29-30(35)14-9-15-31(29)36)33(41)23-40(27-18-16-26(37)17-19-27)45(43,44)28-12-7-4-8-13-28/h3-19,24,32H,20-23H2,1-2H3,(H,38,42)/t32-/m1/s1. The second kappa shape index (κ2) is 15.4. The second-order valence-electron chi connectivity index (χ2n) is 10.9. The molecule has 0 spiro atoms. The molecule has 4 rings (SSSR count). The van der Waals surface area contributed by atoms with Crippen LogP contribution in [0.4, 0.5) is 10.1 Å². The van der Waals surface area contributed by atoms with E-state index in [4.69, 9.17) is 23.2 Å². The van der Waals surface area contributed by atoms with E-state index in [1.54, 1.807) is 36.4 Å². The van der Waals surface area contributed by atoms with Gasteiger partial charge in [0, 0.05) is 35.1 Å². The summed E-state index contributed by atoms with van der Waals surface area (Å²) in [6.07, 6.45) is 0.139. The molecule has 0 bridgehead atoms. The van der Waals surface area contributed by atoms with Crippen LogP contribution < -0.4 is 9.62 Å². The van der Waals surface area contributed by atoms with Crippen LogP contribution in [0, 0.1) is 11.7 Å². The van der Waals surface area contributed by atoms with E-state index in [-0.39, 0.29) is 39.5 Å². The van der Waals surface area contributed by atoms with Crippen LogP contribution in [0.2, 0.25) is 10.0 Å². The zero-order valence-corrected chi connectivity index (χ0v) is 27.2. The lowest BCUT2D eigenvalue weighted by Gasteiger charge is -2.34. The van der Waals surface area contributed by atoms with E-state index in [1.807, 2.05) is 44.2 Å². The van der Waals surface area contributed by atoms with E-state index in [2.05, 4.69) is 5.32 Å². The summed E-state index contributed by atoms with van der Waals surface area (Å²) in [5.41, 5.74) is 1.27. The van der Waals surface area contributed by atoms with Crippen LogP contribution in [0.3, 0.4) is 0 Å². The Hall–Kier alpha value is -3.92. The first kappa shape index (κ1) is 34.0. The van der Waals surface area contributed by atoms with Crippen LogP contribution in [-0.4, -0.2) is 44.3 Å². The van der Waals surface area contributed by atoms with Gasteiger partial charge >= 0.3 is 0 Å². The van der Waals surface area contributed by atoms with Gasteiger partial charge in [0.2, 0.25) is 11.8 Å². The van der Waals surface area contributed by atoms with Crippen molar-refractivity contribution in [1.82, 2.24) is 10.2 Å². The highest BCUT2D eigenvalue weighted by Gasteiger charge is 2.35. The van der Waals surface area contributed by atoms with Gasteiger partial charge in [-0.1, -0.05) is 91.6 Å². The Balaban J connectivity index is 1.82. The fourth-order valence-corrected chi connectivity index (χ4v) is 6.64. The van der Waals surface area contributed by atoms with Crippen molar-refractivity contribution in [3.05, 3.63) is 130 Å². The first-order chi connectivity index (χ1) is 21.5. The number of carbonyl (C=O) groups excluding carboxylic acids is 2. The summed E-state index contributed by atoms with van der Waals surface area (Å²) < 4.78 is 42.7. The number of nitrogens with zero attached hydrogens (tertiary/aromatic N) is 2. The summed E-state index contributed by atoms with van der Waals surface area (Å²) in [6, 6.07) is 25.5. The molecule has 0 aliphatic carbocycles. The Labute approximate surface area is 273 Å². The Morgan fingerprint density at radius 3 is 1.98 bits per heavy atom. The van der Waals surface area contributed by atoms with Crippen molar-refractivity contribution in [3.8, 4) is 0 Å². The van der Waals surface area contributed by atoms with Crippen molar-refractivity contribution in [2.45, 2.75) is 37.8 Å². The minimum absolute atomic E-state index is 0.0571. The van der Waals surface area contributed by atoms with Crippen LogP contribution in [0.15, 0.2) is 108 Å². The van der Waals surface area contributed by atoms with E-state index in [1.165, 1.54) is 29.2 Å². The molecule has 45 heavy (non-hydrogen) atoms. The minimum Gasteiger partial charge on any atom is -0.354 e. The number of nitrogens with one attached hydrogen (secondary N) is 1. The van der Waals surface area contributed by atoms with Gasteiger partial charge in [0.1, 0.15) is 18.4 Å². The summed E-state index contributed by atoms with van der Waals surface area (Å²) in [5.74, 6) is -1.53. The van der Waals surface area contributed by atoms with Crippen molar-refractivity contribution in [2.24, 2.45) is 5.92 Å². The fraction of sp³-hybridized carbons (Fsp3) is 0.235. The van der Waals surface area contributed by atoms with Crippen molar-refractivity contribution in [2.75, 3.05) is 17.4 Å². The van der Waals surface area contributed by atoms with Gasteiger partial charge in [-0.25, -0.2) is 12.8 Å². The molecule has 4 aromatic rings. The van der Waals surface area contributed by atoms with Gasteiger partial charge in [0.15, 0.2) is 0 Å². The molecule has 236 valence electrons. The van der Waals surface area contributed by atoms with Gasteiger partial charge in [-0.15, -0.1) is 0 Å². The minimum atomic E-state index is -4.30. The quantitative estimate of drug-likeness (QED) is 0.171. The Morgan fingerprint density at radius 1 is 0.822 bits per heavy atom. The normalized spacial score (nSPS) is 12.0. The number of carbonyl (C=O) groups is 2. The predicted octanol–water partition coefficient (Wildman–Crippen LogP) is 6.74. The molecule has 0 saturated carbocycles. The monoisotopic (exact) mass is 669 g/mol. The molecule has 1 N–H and O–H groups in total. The van der Waals surface area contributed by atoms with Crippen molar-refractivity contribution in [3.63, 3.8) is 0 Å². The molecule has 2 amide bonds. The molecule has 0 heterocycles. The van der Waals surface area contributed by atoms with E-state index < -0.39 is 40.2 Å². The highest BCUT2D eigenvalue weighted by molar-refractivity contribution is 7.92. The first-order valence-corrected chi connectivity index (χ1v) is 16.5. The van der Waals surface area contributed by atoms with Crippen molar-refractivity contribution < 1.29 is 22.4 Å². The molecule has 11 heteroatoms. The molecule has 0 aromatic heterocycles. The number of halogens is 3. The lowest BCUT2D eigenvalue weighted by Crippen LogP contribution is -2.53. The molecule has 7 nitrogen and oxygen atoms in total. The Kier molecular flexibility index (Phi) is 11.6. The topological polar surface area (TPSA) is 86.8 Å². The van der Waals surface area contributed by atoms with Crippen molar-refractivity contribution in [1.29, 1.82) is 0 Å². The highest BCUT2D eigenvalue weighted by Crippen LogP contribution is 2.29. The van der Waals surface area contributed by atoms with Gasteiger partial charge in [-0.2, -0.15) is 0 Å². The largest absolute Gasteiger partial charge is 0.354 e. The third-order valence-electron chi connectivity index (χ3n) is 7.07. The predicted molar refractivity (Wildman–Crippen MR) is 176 cm³/mol. The van der Waals surface area contributed by atoms with Crippen LogP contribution in [0.1, 0.15) is 25.0 Å². The molecule has 0 aliphatic heterocycles. The summed E-state index contributed by atoms with van der Waals surface area (Å²) in [6.45, 7) is 3.41. The Morgan fingerprint density at radius 2 is 1.40 bits per heavy atom. The zero-order valence-electron chi connectivity index (χ0n) is 24.9. The number of benzene rings is 4. The number of anilines is 1. The SMILES string of the molecule is CC(C)CNC(=O)[C@@H](Cc1ccccc1)N(Cc1c(Cl)cccc1Cl)C(=O)CN(c1ccc(F)cc1)S(=O)(=O)c1ccccc1. The van der Waals surface area contributed by atoms with E-state index in [9.17, 15) is 22.4 Å². The molecule has 1 atom stereocenters. The maximum Gasteiger partial charge on any atom is 0.264 e. The molecular formula is C34H34Cl2FN3O4S. The molecule has 0 radical (unpaired) electrons. The van der Waals surface area contributed by atoms with Gasteiger partial charge in [-0.3, -0.25) is 13.9 Å². The van der Waals surface area contributed by atoms with Crippen LogP contribution >= 0.6 is 23.2 Å². The van der Waals surface area contributed by atoms with Crippen molar-refractivity contribution >= 4 is 50.7 Å². The van der Waals surface area contributed by atoms with Crippen LogP contribution in [0.5, 0.6) is 0 Å². The molecular weight excluding hydrogens is 636 g/mol. The number of amides is 2. The summed E-state index contributed by atoms with van der Waals surface area (Å²) in [5, 5.41) is 3.50. The van der Waals surface area contributed by atoms with E-state index in [0.717, 1.165) is 22.0 Å². The molecule has 0 saturated heterocycles. The maximum absolute atomic E-state index is 14.5. The molecule has 0 fully saturated rings. The van der Waals surface area contributed by atoms with Crippen LogP contribution in [0.25, 0.3) is 0 Å². The lowest BCUT2D eigenvalue weighted by molar-refractivity contribution is -0.140. The fourth-order valence-electron chi connectivity index (χ4n) is 4.69. The smallest absolute Gasteiger partial charge is 0.264 e. The summed E-state index contributed by atoms with van der Waals surface area (Å²) in [4.78, 5) is 29.5. The third-order valence-corrected chi connectivity index (χ3v) is 9.57. The molecule has 0 unspecified atom stereocenters. The Bertz CT molecular complexity index is 1690. The van der Waals surface area contributed by atoms with Gasteiger partial charge in [-0.05, 0) is 60.0 Å². The average Bonchev–Trinajstić information content (AvgIpc) is 3.03. The van der Waals surface area contributed by atoms with Crippen LogP contribution in [-0.2, 0) is 32.6 Å². The van der Waals surface area contributed by atoms with Gasteiger partial charge in [0.25, 0.3) is 10.0 Å². The summed E-state index contributed by atoms with van der Waals surface area (Å²) >= 11 is 13.1. The number of sulfonamides is 1. The molecule has 4 aromatic carbocycles. The average molecular weight is 671 g/mol. The third kappa shape index (κ3) is 8.84. The zero-order chi connectivity index (χ0) is 32.6. The van der Waals surface area contributed by atoms with Gasteiger partial charge in [0.05, 0.1) is 10.6 Å². The lowest BCUT2D eigenvalue weighted by atomic mass is 10.0. The van der Waals surface area contributed by atoms with E-state index >= 15 is 0 Å². The highest BCUT2D eigenvalue weighted by atomic mass is 35.5. The van der Waals surface area contributed by atoms with E-state index in [0.29, 0.717) is 12.1 Å². The first-order valence-electron chi connectivity index (χ1n) is 14.3.